The van der Waals surface area contributed by atoms with Crippen molar-refractivity contribution in [2.45, 2.75) is 32.8 Å². The van der Waals surface area contributed by atoms with E-state index in [1.54, 1.807) is 14.2 Å². The van der Waals surface area contributed by atoms with Crippen LogP contribution < -0.4 is 0 Å². The zero-order valence-corrected chi connectivity index (χ0v) is 8.91. The van der Waals surface area contributed by atoms with Crippen molar-refractivity contribution >= 4 is 0 Å². The molecule has 0 aromatic carbocycles. The summed E-state index contributed by atoms with van der Waals surface area (Å²) in [7, 11) is 3.24. The molecule has 2 unspecified atom stereocenters. The Morgan fingerprint density at radius 2 is 1.23 bits per heavy atom. The van der Waals surface area contributed by atoms with Gasteiger partial charge in [0.15, 0.2) is 12.6 Å². The van der Waals surface area contributed by atoms with Gasteiger partial charge in [0, 0.05) is 14.2 Å². The van der Waals surface area contributed by atoms with Gasteiger partial charge in [0.2, 0.25) is 0 Å². The largest absolute Gasteiger partial charge is 0.356 e. The summed E-state index contributed by atoms with van der Waals surface area (Å²) in [5, 5.41) is 0. The second-order valence-corrected chi connectivity index (χ2v) is 2.70. The Morgan fingerprint density at radius 3 is 1.54 bits per heavy atom. The first kappa shape index (κ1) is 12.8. The van der Waals surface area contributed by atoms with E-state index in [9.17, 15) is 0 Å². The van der Waals surface area contributed by atoms with Gasteiger partial charge in [0.1, 0.15) is 0 Å². The van der Waals surface area contributed by atoms with E-state index >= 15 is 0 Å². The fraction of sp³-hybridized carbons (Fsp3) is 1.00. The van der Waals surface area contributed by atoms with Gasteiger partial charge in [-0.15, -0.1) is 0 Å². The van der Waals surface area contributed by atoms with Crippen LogP contribution in [-0.4, -0.2) is 40.0 Å². The van der Waals surface area contributed by atoms with Crippen LogP contribution in [0.1, 0.15) is 20.3 Å². The molecule has 0 heterocycles. The minimum atomic E-state index is -0.139. The summed E-state index contributed by atoms with van der Waals surface area (Å²) in [4.78, 5) is 0. The van der Waals surface area contributed by atoms with Crippen LogP contribution in [0.2, 0.25) is 0 Å². The SMILES string of the molecule is COC(C)OCCCOC(C)OC. The molecular weight excluding hydrogens is 172 g/mol. The van der Waals surface area contributed by atoms with Gasteiger partial charge in [-0.3, -0.25) is 0 Å². The first-order chi connectivity index (χ1) is 6.20. The van der Waals surface area contributed by atoms with Crippen LogP contribution in [0.5, 0.6) is 0 Å². The monoisotopic (exact) mass is 192 g/mol. The van der Waals surface area contributed by atoms with E-state index in [0.717, 1.165) is 6.42 Å². The van der Waals surface area contributed by atoms with Crippen molar-refractivity contribution in [1.29, 1.82) is 0 Å². The van der Waals surface area contributed by atoms with Crippen molar-refractivity contribution < 1.29 is 18.9 Å². The molecule has 0 N–H and O–H groups in total. The topological polar surface area (TPSA) is 36.9 Å². The average Bonchev–Trinajstić information content (AvgIpc) is 2.16. The standard InChI is InChI=1S/C9H20O4/c1-8(10-3)12-6-5-7-13-9(2)11-4/h8-9H,5-7H2,1-4H3. The molecule has 0 amide bonds. The highest BCUT2D eigenvalue weighted by atomic mass is 16.7. The van der Waals surface area contributed by atoms with Crippen LogP contribution in [0.15, 0.2) is 0 Å². The maximum Gasteiger partial charge on any atom is 0.154 e. The lowest BCUT2D eigenvalue weighted by Crippen LogP contribution is -2.15. The molecule has 80 valence electrons. The van der Waals surface area contributed by atoms with Crippen LogP contribution in [0.3, 0.4) is 0 Å². The maximum absolute atomic E-state index is 5.26. The Balaban J connectivity index is 3.08. The van der Waals surface area contributed by atoms with E-state index in [0.29, 0.717) is 13.2 Å². The van der Waals surface area contributed by atoms with E-state index in [1.807, 2.05) is 13.8 Å². The van der Waals surface area contributed by atoms with Crippen LogP contribution in [0.25, 0.3) is 0 Å². The van der Waals surface area contributed by atoms with E-state index < -0.39 is 0 Å². The Labute approximate surface area is 80.1 Å². The lowest BCUT2D eigenvalue weighted by Gasteiger charge is -2.12. The summed E-state index contributed by atoms with van der Waals surface area (Å²) in [6, 6.07) is 0. The predicted octanol–water partition coefficient (Wildman–Crippen LogP) is 1.39. The Kier molecular flexibility index (Phi) is 8.33. The normalized spacial score (nSPS) is 15.7. The molecule has 13 heavy (non-hydrogen) atoms. The predicted molar refractivity (Wildman–Crippen MR) is 49.5 cm³/mol. The molecular formula is C9H20O4. The van der Waals surface area contributed by atoms with Gasteiger partial charge in [0.05, 0.1) is 13.2 Å². The third kappa shape index (κ3) is 8.18. The molecule has 0 saturated heterocycles. The van der Waals surface area contributed by atoms with E-state index in [4.69, 9.17) is 18.9 Å². The van der Waals surface area contributed by atoms with Gasteiger partial charge >= 0.3 is 0 Å². The number of hydrogen-bond donors (Lipinski definition) is 0. The highest BCUT2D eigenvalue weighted by molar-refractivity contribution is 4.37. The van der Waals surface area contributed by atoms with E-state index in [2.05, 4.69) is 0 Å². The number of ether oxygens (including phenoxy) is 4. The van der Waals surface area contributed by atoms with E-state index in [1.165, 1.54) is 0 Å². The smallest absolute Gasteiger partial charge is 0.154 e. The first-order valence-electron chi connectivity index (χ1n) is 4.49. The van der Waals surface area contributed by atoms with Gasteiger partial charge in [0.25, 0.3) is 0 Å². The molecule has 0 aliphatic carbocycles. The average molecular weight is 192 g/mol. The van der Waals surface area contributed by atoms with Crippen molar-refractivity contribution in [2.75, 3.05) is 27.4 Å². The molecule has 0 saturated carbocycles. The molecule has 2 atom stereocenters. The van der Waals surface area contributed by atoms with Gasteiger partial charge in [-0.05, 0) is 20.3 Å². The van der Waals surface area contributed by atoms with Crippen molar-refractivity contribution in [3.63, 3.8) is 0 Å². The van der Waals surface area contributed by atoms with Gasteiger partial charge in [-0.1, -0.05) is 0 Å². The molecule has 0 aliphatic rings. The maximum atomic E-state index is 5.26. The lowest BCUT2D eigenvalue weighted by molar-refractivity contribution is -0.132. The molecule has 0 fully saturated rings. The summed E-state index contributed by atoms with van der Waals surface area (Å²) in [6.07, 6.45) is 0.571. The fourth-order valence-electron chi connectivity index (χ4n) is 0.694. The molecule has 4 heteroatoms. The zero-order valence-electron chi connectivity index (χ0n) is 8.91. The molecule has 0 spiro atoms. The minimum absolute atomic E-state index is 0.139. The van der Waals surface area contributed by atoms with E-state index in [-0.39, 0.29) is 12.6 Å². The number of hydrogen-bond acceptors (Lipinski definition) is 4. The Bertz CT molecular complexity index is 95.8. The highest BCUT2D eigenvalue weighted by Crippen LogP contribution is 1.95. The zero-order chi connectivity index (χ0) is 10.1. The Morgan fingerprint density at radius 1 is 0.846 bits per heavy atom. The number of rotatable bonds is 8. The van der Waals surface area contributed by atoms with Crippen LogP contribution in [0, 0.1) is 0 Å². The Hall–Kier alpha value is -0.160. The third-order valence-electron chi connectivity index (χ3n) is 1.66. The van der Waals surface area contributed by atoms with Crippen LogP contribution >= 0.6 is 0 Å². The van der Waals surface area contributed by atoms with Crippen molar-refractivity contribution in [2.24, 2.45) is 0 Å². The van der Waals surface area contributed by atoms with Gasteiger partial charge < -0.3 is 18.9 Å². The molecule has 0 aromatic heterocycles. The lowest BCUT2D eigenvalue weighted by atomic mass is 10.5. The summed E-state index contributed by atoms with van der Waals surface area (Å²) < 4.78 is 20.3. The summed E-state index contributed by atoms with van der Waals surface area (Å²) in [5.74, 6) is 0. The van der Waals surface area contributed by atoms with Gasteiger partial charge in [-0.25, -0.2) is 0 Å². The quantitative estimate of drug-likeness (QED) is 0.430. The number of methoxy groups -OCH3 is 2. The molecule has 0 bridgehead atoms. The minimum Gasteiger partial charge on any atom is -0.356 e. The van der Waals surface area contributed by atoms with Crippen molar-refractivity contribution in [3.8, 4) is 0 Å². The fourth-order valence-corrected chi connectivity index (χ4v) is 0.694. The highest BCUT2D eigenvalue weighted by Gasteiger charge is 2.00. The second-order valence-electron chi connectivity index (χ2n) is 2.70. The second kappa shape index (κ2) is 8.44. The molecule has 0 rings (SSSR count). The third-order valence-corrected chi connectivity index (χ3v) is 1.66. The molecule has 0 aromatic rings. The van der Waals surface area contributed by atoms with Gasteiger partial charge in [-0.2, -0.15) is 0 Å². The summed E-state index contributed by atoms with van der Waals surface area (Å²) in [6.45, 7) is 5.01. The van der Waals surface area contributed by atoms with Crippen molar-refractivity contribution in [1.82, 2.24) is 0 Å². The van der Waals surface area contributed by atoms with Crippen molar-refractivity contribution in [3.05, 3.63) is 0 Å². The molecule has 4 nitrogen and oxygen atoms in total. The van der Waals surface area contributed by atoms with Crippen LogP contribution in [0.4, 0.5) is 0 Å². The summed E-state index contributed by atoms with van der Waals surface area (Å²) in [5.41, 5.74) is 0. The summed E-state index contributed by atoms with van der Waals surface area (Å²) >= 11 is 0. The molecule has 0 aliphatic heterocycles. The first-order valence-corrected chi connectivity index (χ1v) is 4.49. The van der Waals surface area contributed by atoms with Crippen LogP contribution in [-0.2, 0) is 18.9 Å². The molecule has 0 radical (unpaired) electrons.